The van der Waals surface area contributed by atoms with Gasteiger partial charge in [-0.2, -0.15) is 0 Å². The number of aryl methyl sites for hydroxylation is 1. The van der Waals surface area contributed by atoms with E-state index in [4.69, 9.17) is 4.42 Å². The van der Waals surface area contributed by atoms with E-state index in [9.17, 15) is 14.4 Å². The molecule has 2 heterocycles. The quantitative estimate of drug-likeness (QED) is 0.505. The number of aromatic nitrogens is 1. The minimum atomic E-state index is -0.562. The van der Waals surface area contributed by atoms with E-state index in [2.05, 4.69) is 0 Å². The van der Waals surface area contributed by atoms with Gasteiger partial charge in [0, 0.05) is 5.56 Å². The van der Waals surface area contributed by atoms with Crippen LogP contribution in [0.25, 0.3) is 16.8 Å². The van der Waals surface area contributed by atoms with E-state index < -0.39 is 17.6 Å². The molecule has 0 fully saturated rings. The third kappa shape index (κ3) is 2.11. The molecule has 5 rings (SSSR count). The predicted molar refractivity (Wildman–Crippen MR) is 104 cm³/mol. The molecule has 4 aromatic rings. The first kappa shape index (κ1) is 16.3. The van der Waals surface area contributed by atoms with Crippen molar-refractivity contribution in [2.75, 3.05) is 4.90 Å². The number of nitrogens with zero attached hydrogens (tertiary/aromatic N) is 2. The maximum atomic E-state index is 13.0. The lowest BCUT2D eigenvalue weighted by Gasteiger charge is -2.13. The lowest BCUT2D eigenvalue weighted by Crippen LogP contribution is -2.29. The molecule has 0 spiro atoms. The van der Waals surface area contributed by atoms with Gasteiger partial charge in [0.05, 0.1) is 28.0 Å². The normalized spacial score (nSPS) is 13.4. The summed E-state index contributed by atoms with van der Waals surface area (Å²) in [5.41, 5.74) is 2.93. The number of rotatable bonds is 2. The van der Waals surface area contributed by atoms with E-state index in [1.165, 1.54) is 4.57 Å². The number of para-hydroxylation sites is 2. The molecule has 6 nitrogen and oxygen atoms in total. The summed E-state index contributed by atoms with van der Waals surface area (Å²) in [6.07, 6.45) is 0. The van der Waals surface area contributed by atoms with Gasteiger partial charge in [0.25, 0.3) is 11.8 Å². The number of amides is 2. The zero-order valence-corrected chi connectivity index (χ0v) is 14.9. The maximum Gasteiger partial charge on any atom is 0.424 e. The van der Waals surface area contributed by atoms with Crippen molar-refractivity contribution in [2.24, 2.45) is 0 Å². The predicted octanol–water partition coefficient (Wildman–Crippen LogP) is 3.69. The second-order valence-corrected chi connectivity index (χ2v) is 6.59. The van der Waals surface area contributed by atoms with Crippen LogP contribution in [0.4, 0.5) is 5.69 Å². The van der Waals surface area contributed by atoms with E-state index >= 15 is 0 Å². The van der Waals surface area contributed by atoms with Crippen molar-refractivity contribution >= 4 is 28.6 Å². The summed E-state index contributed by atoms with van der Waals surface area (Å²) in [5.74, 6) is -1.39. The second-order valence-electron chi connectivity index (χ2n) is 6.59. The van der Waals surface area contributed by atoms with Crippen LogP contribution in [0, 0.1) is 6.92 Å². The number of carbonyl (C=O) groups excluding carboxylic acids is 2. The Bertz CT molecular complexity index is 1320. The molecule has 3 aromatic carbocycles. The molecule has 136 valence electrons. The summed E-state index contributed by atoms with van der Waals surface area (Å²) in [7, 11) is 0. The van der Waals surface area contributed by atoms with Gasteiger partial charge in [-0.3, -0.25) is 9.59 Å². The van der Waals surface area contributed by atoms with Crippen molar-refractivity contribution in [2.45, 2.75) is 6.92 Å². The fourth-order valence-corrected chi connectivity index (χ4v) is 3.71. The van der Waals surface area contributed by atoms with Gasteiger partial charge in [-0.05, 0) is 37.3 Å². The largest absolute Gasteiger partial charge is 0.424 e. The van der Waals surface area contributed by atoms with Crippen molar-refractivity contribution in [1.29, 1.82) is 0 Å². The van der Waals surface area contributed by atoms with Gasteiger partial charge in [-0.1, -0.05) is 36.4 Å². The molecule has 1 aromatic heterocycles. The molecule has 0 radical (unpaired) electrons. The minimum absolute atomic E-state index is 0.268. The standard InChI is InChI=1S/C22H14N2O4/c1-13-18-16(20(25)24(21(18)26)15-10-6-3-7-11-15)12-17-19(13)28-22(27)23(17)14-8-4-2-5-9-14/h2-12H,1H3. The molecule has 1 aliphatic rings. The summed E-state index contributed by atoms with van der Waals surface area (Å²) in [5, 5.41) is 0. The molecule has 6 heteroatoms. The highest BCUT2D eigenvalue weighted by molar-refractivity contribution is 6.35. The van der Waals surface area contributed by atoms with Crippen LogP contribution < -0.4 is 10.7 Å². The Morgan fingerprint density at radius 3 is 2.04 bits per heavy atom. The maximum absolute atomic E-state index is 13.0. The number of hydrogen-bond acceptors (Lipinski definition) is 4. The molecule has 0 N–H and O–H groups in total. The first-order valence-electron chi connectivity index (χ1n) is 8.76. The lowest BCUT2D eigenvalue weighted by molar-refractivity contribution is 0.0926. The Kier molecular flexibility index (Phi) is 3.36. The number of anilines is 1. The molecule has 28 heavy (non-hydrogen) atoms. The monoisotopic (exact) mass is 370 g/mol. The summed E-state index contributed by atoms with van der Waals surface area (Å²) >= 11 is 0. The lowest BCUT2D eigenvalue weighted by atomic mass is 10.0. The molecule has 1 aliphatic heterocycles. The Morgan fingerprint density at radius 2 is 1.39 bits per heavy atom. The summed E-state index contributed by atoms with van der Waals surface area (Å²) in [6, 6.07) is 19.4. The van der Waals surface area contributed by atoms with Crippen molar-refractivity contribution in [3.63, 3.8) is 0 Å². The number of hydrogen-bond donors (Lipinski definition) is 0. The van der Waals surface area contributed by atoms with Crippen LogP contribution >= 0.6 is 0 Å². The number of carbonyl (C=O) groups is 2. The highest BCUT2D eigenvalue weighted by atomic mass is 16.4. The van der Waals surface area contributed by atoms with E-state index in [1.807, 2.05) is 24.3 Å². The van der Waals surface area contributed by atoms with E-state index in [0.29, 0.717) is 28.0 Å². The topological polar surface area (TPSA) is 72.5 Å². The second kappa shape index (κ2) is 5.79. The molecular weight excluding hydrogens is 356 g/mol. The summed E-state index contributed by atoms with van der Waals surface area (Å²) < 4.78 is 6.87. The number of oxazole rings is 1. The van der Waals surface area contributed by atoms with E-state index in [-0.39, 0.29) is 11.1 Å². The SMILES string of the molecule is Cc1c2c(cc3c1oc(=O)n3-c1ccccc1)C(=O)N(c1ccccc1)C2=O. The van der Waals surface area contributed by atoms with Crippen molar-refractivity contribution < 1.29 is 14.0 Å². The van der Waals surface area contributed by atoms with Gasteiger partial charge >= 0.3 is 5.76 Å². The van der Waals surface area contributed by atoms with Crippen LogP contribution in [0.2, 0.25) is 0 Å². The Balaban J connectivity index is 1.78. The van der Waals surface area contributed by atoms with Gasteiger partial charge in [0.2, 0.25) is 0 Å². The smallest absolute Gasteiger partial charge is 0.407 e. The fraction of sp³-hybridized carbons (Fsp3) is 0.0455. The summed E-state index contributed by atoms with van der Waals surface area (Å²) in [6.45, 7) is 1.69. The molecule has 2 amide bonds. The zero-order chi connectivity index (χ0) is 19.4. The minimum Gasteiger partial charge on any atom is -0.407 e. The van der Waals surface area contributed by atoms with Gasteiger partial charge in [0.1, 0.15) is 0 Å². The average Bonchev–Trinajstić information content (AvgIpc) is 3.17. The van der Waals surface area contributed by atoms with Crippen molar-refractivity contribution in [3.05, 3.63) is 94.0 Å². The number of fused-ring (bicyclic) bond motifs is 2. The first-order chi connectivity index (χ1) is 13.6. The van der Waals surface area contributed by atoms with Crippen LogP contribution in [-0.2, 0) is 0 Å². The molecule has 0 atom stereocenters. The van der Waals surface area contributed by atoms with Crippen LogP contribution in [0.5, 0.6) is 0 Å². The zero-order valence-electron chi connectivity index (χ0n) is 14.9. The highest BCUT2D eigenvalue weighted by Crippen LogP contribution is 2.34. The van der Waals surface area contributed by atoms with Crippen LogP contribution in [0.3, 0.4) is 0 Å². The highest BCUT2D eigenvalue weighted by Gasteiger charge is 2.39. The fourth-order valence-electron chi connectivity index (χ4n) is 3.71. The van der Waals surface area contributed by atoms with Gasteiger partial charge < -0.3 is 4.42 Å². The first-order valence-corrected chi connectivity index (χ1v) is 8.76. The Labute approximate surface area is 159 Å². The molecule has 0 saturated heterocycles. The van der Waals surface area contributed by atoms with E-state index in [0.717, 1.165) is 4.90 Å². The van der Waals surface area contributed by atoms with Gasteiger partial charge in [-0.15, -0.1) is 0 Å². The number of benzene rings is 3. The molecule has 0 saturated carbocycles. The Morgan fingerprint density at radius 1 is 0.786 bits per heavy atom. The molecule has 0 aliphatic carbocycles. The molecule has 0 unspecified atom stereocenters. The third-order valence-electron chi connectivity index (χ3n) is 4.99. The number of imide groups is 1. The van der Waals surface area contributed by atoms with Crippen LogP contribution in [0.15, 0.2) is 75.9 Å². The van der Waals surface area contributed by atoms with Crippen LogP contribution in [-0.4, -0.2) is 16.4 Å². The summed E-state index contributed by atoms with van der Waals surface area (Å²) in [4.78, 5) is 39.7. The van der Waals surface area contributed by atoms with Gasteiger partial charge in [-0.25, -0.2) is 14.3 Å². The molecule has 0 bridgehead atoms. The molecular formula is C22H14N2O4. The van der Waals surface area contributed by atoms with Crippen LogP contribution in [0.1, 0.15) is 26.3 Å². The van der Waals surface area contributed by atoms with Gasteiger partial charge in [0.15, 0.2) is 5.58 Å². The van der Waals surface area contributed by atoms with Crippen molar-refractivity contribution in [3.8, 4) is 5.69 Å². The van der Waals surface area contributed by atoms with E-state index in [1.54, 1.807) is 49.4 Å². The average molecular weight is 370 g/mol. The third-order valence-corrected chi connectivity index (χ3v) is 4.99. The Hall–Kier alpha value is -3.93. The van der Waals surface area contributed by atoms with Crippen molar-refractivity contribution in [1.82, 2.24) is 4.57 Å².